The maximum atomic E-state index is 6.07. The number of nitrogens with zero attached hydrogens (tertiary/aromatic N) is 1. The summed E-state index contributed by atoms with van der Waals surface area (Å²) >= 11 is 6.07. The van der Waals surface area contributed by atoms with Gasteiger partial charge in [-0.1, -0.05) is 11.6 Å². The van der Waals surface area contributed by atoms with Crippen molar-refractivity contribution in [2.45, 2.75) is 5.12 Å². The van der Waals surface area contributed by atoms with E-state index in [1.165, 1.54) is 6.34 Å². The lowest BCUT2D eigenvalue weighted by molar-refractivity contribution is 0.354. The van der Waals surface area contributed by atoms with Gasteiger partial charge in [0, 0.05) is 11.6 Å². The van der Waals surface area contributed by atoms with Crippen molar-refractivity contribution in [3.63, 3.8) is 0 Å². The van der Waals surface area contributed by atoms with Crippen molar-refractivity contribution in [3.8, 4) is 11.5 Å². The fraction of sp³-hybridized carbons (Fsp3) is 0.300. The van der Waals surface area contributed by atoms with Crippen LogP contribution in [0, 0.1) is 0 Å². The molecule has 0 spiro atoms. The highest BCUT2D eigenvalue weighted by Gasteiger charge is 2.30. The van der Waals surface area contributed by atoms with Crippen molar-refractivity contribution in [1.29, 1.82) is 0 Å². The molecule has 0 fully saturated rings. The highest BCUT2D eigenvalue weighted by molar-refractivity contribution is 6.25. The average Bonchev–Trinajstić information content (AvgIpc) is 2.27. The molecule has 0 aromatic heterocycles. The molecule has 86 valence electrons. The molecule has 0 bridgehead atoms. The number of benzene rings is 1. The topological polar surface area (TPSA) is 68.9 Å². The first-order valence-electron chi connectivity index (χ1n) is 4.63. The second kappa shape index (κ2) is 3.84. The summed E-state index contributed by atoms with van der Waals surface area (Å²) in [5, 5.41) is 1.69. The maximum absolute atomic E-state index is 6.07. The zero-order chi connectivity index (χ0) is 11.8. The van der Waals surface area contributed by atoms with Crippen LogP contribution in [0.3, 0.4) is 0 Å². The zero-order valence-corrected chi connectivity index (χ0v) is 9.71. The third-order valence-electron chi connectivity index (χ3n) is 2.37. The molecular weight excluding hydrogens is 230 g/mol. The van der Waals surface area contributed by atoms with Crippen LogP contribution in [0.1, 0.15) is 5.56 Å². The van der Waals surface area contributed by atoms with E-state index in [2.05, 4.69) is 10.3 Å². The standard InChI is InChI=1S/C10H12ClN3O2/c1-15-8-3-6-7(4-9(8)16-2)13-5-14-10(6,11)12/h3-5H,12H2,1-2H3,(H,13,14). The molecule has 0 amide bonds. The summed E-state index contributed by atoms with van der Waals surface area (Å²) in [4.78, 5) is 3.94. The first-order chi connectivity index (χ1) is 7.58. The van der Waals surface area contributed by atoms with Gasteiger partial charge in [0.15, 0.2) is 11.5 Å². The number of nitrogens with two attached hydrogens (primary N) is 1. The summed E-state index contributed by atoms with van der Waals surface area (Å²) in [6.45, 7) is 0. The summed E-state index contributed by atoms with van der Waals surface area (Å²) in [5.74, 6) is 1.17. The highest BCUT2D eigenvalue weighted by atomic mass is 35.5. The Morgan fingerprint density at radius 3 is 2.56 bits per heavy atom. The largest absolute Gasteiger partial charge is 0.493 e. The van der Waals surface area contributed by atoms with Crippen molar-refractivity contribution in [3.05, 3.63) is 17.7 Å². The number of nitrogens with one attached hydrogen (secondary N) is 1. The molecule has 0 aliphatic carbocycles. The van der Waals surface area contributed by atoms with Crippen molar-refractivity contribution in [2.24, 2.45) is 10.7 Å². The summed E-state index contributed by atoms with van der Waals surface area (Å²) < 4.78 is 10.4. The Balaban J connectivity index is 2.58. The molecule has 0 saturated heterocycles. The maximum Gasteiger partial charge on any atom is 0.213 e. The van der Waals surface area contributed by atoms with E-state index in [0.29, 0.717) is 17.1 Å². The predicted octanol–water partition coefficient (Wildman–Crippen LogP) is 1.47. The average molecular weight is 242 g/mol. The van der Waals surface area contributed by atoms with Gasteiger partial charge in [-0.05, 0) is 6.07 Å². The number of methoxy groups -OCH3 is 2. The number of fused-ring (bicyclic) bond motifs is 1. The summed E-state index contributed by atoms with van der Waals surface area (Å²) in [5.41, 5.74) is 7.24. The normalized spacial score (nSPS) is 22.2. The molecule has 0 radical (unpaired) electrons. The second-order valence-corrected chi connectivity index (χ2v) is 3.90. The van der Waals surface area contributed by atoms with Gasteiger partial charge >= 0.3 is 0 Å². The highest BCUT2D eigenvalue weighted by Crippen LogP contribution is 2.40. The number of rotatable bonds is 2. The van der Waals surface area contributed by atoms with Crippen molar-refractivity contribution >= 4 is 23.6 Å². The molecule has 1 aromatic carbocycles. The molecule has 1 aliphatic heterocycles. The minimum atomic E-state index is -1.26. The second-order valence-electron chi connectivity index (χ2n) is 3.33. The minimum absolute atomic E-state index is 0.565. The van der Waals surface area contributed by atoms with Crippen LogP contribution in [0.15, 0.2) is 17.1 Å². The van der Waals surface area contributed by atoms with Crippen LogP contribution in [-0.4, -0.2) is 20.6 Å². The smallest absolute Gasteiger partial charge is 0.213 e. The molecule has 1 aromatic rings. The van der Waals surface area contributed by atoms with E-state index < -0.39 is 5.12 Å². The summed E-state index contributed by atoms with van der Waals surface area (Å²) in [7, 11) is 3.12. The fourth-order valence-electron chi connectivity index (χ4n) is 1.55. The first kappa shape index (κ1) is 11.0. The van der Waals surface area contributed by atoms with Gasteiger partial charge in [0.05, 0.1) is 26.2 Å². The van der Waals surface area contributed by atoms with Gasteiger partial charge in [-0.25, -0.2) is 4.99 Å². The fourth-order valence-corrected chi connectivity index (χ4v) is 1.76. The van der Waals surface area contributed by atoms with Crippen LogP contribution in [0.4, 0.5) is 5.69 Å². The molecular formula is C10H12ClN3O2. The zero-order valence-electron chi connectivity index (χ0n) is 8.95. The van der Waals surface area contributed by atoms with Crippen LogP contribution in [0.25, 0.3) is 0 Å². The molecule has 1 aliphatic rings. The Bertz CT molecular complexity index is 446. The van der Waals surface area contributed by atoms with Gasteiger partial charge < -0.3 is 14.8 Å². The van der Waals surface area contributed by atoms with E-state index in [1.807, 2.05) is 0 Å². The van der Waals surface area contributed by atoms with E-state index in [9.17, 15) is 0 Å². The Hall–Kier alpha value is -1.46. The Kier molecular flexibility index (Phi) is 2.65. The van der Waals surface area contributed by atoms with Crippen molar-refractivity contribution in [1.82, 2.24) is 0 Å². The van der Waals surface area contributed by atoms with Crippen molar-refractivity contribution < 1.29 is 9.47 Å². The molecule has 0 saturated carbocycles. The number of alkyl halides is 1. The van der Waals surface area contributed by atoms with E-state index in [0.717, 1.165) is 5.69 Å². The SMILES string of the molecule is COc1cc2c(cc1OC)C(N)(Cl)N=CN2. The molecule has 1 unspecified atom stereocenters. The van der Waals surface area contributed by atoms with Gasteiger partial charge in [-0.2, -0.15) is 0 Å². The van der Waals surface area contributed by atoms with E-state index in [4.69, 9.17) is 26.8 Å². The molecule has 6 heteroatoms. The summed E-state index contributed by atoms with van der Waals surface area (Å²) in [6, 6.07) is 3.48. The summed E-state index contributed by atoms with van der Waals surface area (Å²) in [6.07, 6.45) is 1.46. The molecule has 1 atom stereocenters. The van der Waals surface area contributed by atoms with Gasteiger partial charge in [-0.3, -0.25) is 5.73 Å². The van der Waals surface area contributed by atoms with E-state index in [1.54, 1.807) is 26.4 Å². The molecule has 3 N–H and O–H groups in total. The van der Waals surface area contributed by atoms with Gasteiger partial charge in [-0.15, -0.1) is 0 Å². The number of aliphatic imine (C=N–C) groups is 1. The minimum Gasteiger partial charge on any atom is -0.493 e. The lowest BCUT2D eigenvalue weighted by Gasteiger charge is -2.26. The van der Waals surface area contributed by atoms with Crippen LogP contribution in [0.2, 0.25) is 0 Å². The molecule has 1 heterocycles. The van der Waals surface area contributed by atoms with Crippen LogP contribution in [0.5, 0.6) is 11.5 Å². The molecule has 16 heavy (non-hydrogen) atoms. The van der Waals surface area contributed by atoms with Gasteiger partial charge in [0.25, 0.3) is 0 Å². The number of ether oxygens (including phenoxy) is 2. The Morgan fingerprint density at radius 1 is 1.31 bits per heavy atom. The Morgan fingerprint density at radius 2 is 1.94 bits per heavy atom. The number of hydrogen-bond acceptors (Lipinski definition) is 5. The quantitative estimate of drug-likeness (QED) is 0.608. The first-order valence-corrected chi connectivity index (χ1v) is 5.01. The lowest BCUT2D eigenvalue weighted by Crippen LogP contribution is -2.32. The van der Waals surface area contributed by atoms with Crippen LogP contribution < -0.4 is 20.5 Å². The van der Waals surface area contributed by atoms with E-state index in [-0.39, 0.29) is 0 Å². The van der Waals surface area contributed by atoms with Gasteiger partial charge in [0.1, 0.15) is 0 Å². The number of halogens is 1. The van der Waals surface area contributed by atoms with Crippen LogP contribution >= 0.6 is 11.6 Å². The monoisotopic (exact) mass is 241 g/mol. The van der Waals surface area contributed by atoms with Crippen LogP contribution in [-0.2, 0) is 5.12 Å². The number of anilines is 1. The third-order valence-corrected chi connectivity index (χ3v) is 2.68. The van der Waals surface area contributed by atoms with Crippen molar-refractivity contribution in [2.75, 3.05) is 19.5 Å². The van der Waals surface area contributed by atoms with E-state index >= 15 is 0 Å². The lowest BCUT2D eigenvalue weighted by atomic mass is 10.1. The molecule has 5 nitrogen and oxygen atoms in total. The third kappa shape index (κ3) is 1.68. The predicted molar refractivity (Wildman–Crippen MR) is 63.4 cm³/mol. The molecule has 2 rings (SSSR count). The number of hydrogen-bond donors (Lipinski definition) is 2. The Labute approximate surface area is 98.2 Å². The van der Waals surface area contributed by atoms with Gasteiger partial charge in [0.2, 0.25) is 5.12 Å².